The zero-order valence-electron chi connectivity index (χ0n) is 12.7. The molecule has 3 nitrogen and oxygen atoms in total. The number of anilines is 1. The largest absolute Gasteiger partial charge is 0.315 e. The lowest BCUT2D eigenvalue weighted by Gasteiger charge is -2.23. The molecular formula is C17H26N2O. The van der Waals surface area contributed by atoms with Crippen LogP contribution in [0.4, 0.5) is 5.69 Å². The molecule has 2 rings (SSSR count). The fourth-order valence-electron chi connectivity index (χ4n) is 2.72. The van der Waals surface area contributed by atoms with E-state index in [1.54, 1.807) is 0 Å². The Hall–Kier alpha value is -1.35. The molecule has 1 N–H and O–H groups in total. The Morgan fingerprint density at radius 3 is 2.90 bits per heavy atom. The highest BCUT2D eigenvalue weighted by Crippen LogP contribution is 2.26. The van der Waals surface area contributed by atoms with Crippen LogP contribution in [0, 0.1) is 0 Å². The van der Waals surface area contributed by atoms with Gasteiger partial charge in [0.2, 0.25) is 5.91 Å². The standard InChI is InChI=1S/C17H26N2O/c1-14(2)18-12-7-11-17(20)19-13-6-5-9-15-8-3-4-10-16(15)19/h3-4,8,10,14,18H,5-7,9,11-13H2,1-2H3. The summed E-state index contributed by atoms with van der Waals surface area (Å²) in [6, 6.07) is 8.83. The Morgan fingerprint density at radius 1 is 1.30 bits per heavy atom. The van der Waals surface area contributed by atoms with Gasteiger partial charge in [0, 0.05) is 24.7 Å². The maximum Gasteiger partial charge on any atom is 0.227 e. The molecule has 0 saturated carbocycles. The zero-order chi connectivity index (χ0) is 14.4. The Morgan fingerprint density at radius 2 is 2.10 bits per heavy atom. The van der Waals surface area contributed by atoms with Crippen LogP contribution in [0.5, 0.6) is 0 Å². The summed E-state index contributed by atoms with van der Waals surface area (Å²) >= 11 is 0. The van der Waals surface area contributed by atoms with E-state index in [0.29, 0.717) is 12.5 Å². The average molecular weight is 274 g/mol. The predicted octanol–water partition coefficient (Wildman–Crippen LogP) is 3.13. The number of carbonyl (C=O) groups excluding carboxylic acids is 1. The Bertz CT molecular complexity index is 442. The number of hydrogen-bond acceptors (Lipinski definition) is 2. The van der Waals surface area contributed by atoms with E-state index >= 15 is 0 Å². The summed E-state index contributed by atoms with van der Waals surface area (Å²) in [6.07, 6.45) is 4.92. The van der Waals surface area contributed by atoms with Crippen molar-refractivity contribution in [1.29, 1.82) is 0 Å². The SMILES string of the molecule is CC(C)NCCCC(=O)N1CCCCc2ccccc21. The minimum atomic E-state index is 0.268. The van der Waals surface area contributed by atoms with E-state index in [-0.39, 0.29) is 5.91 Å². The highest BCUT2D eigenvalue weighted by molar-refractivity contribution is 5.94. The molecule has 1 heterocycles. The van der Waals surface area contributed by atoms with Gasteiger partial charge in [-0.3, -0.25) is 4.79 Å². The highest BCUT2D eigenvalue weighted by Gasteiger charge is 2.20. The van der Waals surface area contributed by atoms with E-state index in [9.17, 15) is 4.79 Å². The number of nitrogens with one attached hydrogen (secondary N) is 1. The van der Waals surface area contributed by atoms with Crippen molar-refractivity contribution in [3.63, 3.8) is 0 Å². The highest BCUT2D eigenvalue weighted by atomic mass is 16.2. The number of nitrogens with zero attached hydrogens (tertiary/aromatic N) is 1. The second-order valence-electron chi connectivity index (χ2n) is 5.84. The molecule has 0 radical (unpaired) electrons. The van der Waals surface area contributed by atoms with Crippen LogP contribution in [-0.4, -0.2) is 25.0 Å². The molecule has 0 atom stereocenters. The van der Waals surface area contributed by atoms with Crippen LogP contribution < -0.4 is 10.2 Å². The summed E-state index contributed by atoms with van der Waals surface area (Å²) in [4.78, 5) is 14.5. The summed E-state index contributed by atoms with van der Waals surface area (Å²) in [5.41, 5.74) is 2.45. The lowest BCUT2D eigenvalue weighted by molar-refractivity contribution is -0.118. The topological polar surface area (TPSA) is 32.3 Å². The molecule has 0 bridgehead atoms. The summed E-state index contributed by atoms with van der Waals surface area (Å²) in [6.45, 7) is 6.05. The molecule has 0 aliphatic carbocycles. The van der Waals surface area contributed by atoms with Crippen LogP contribution in [0.3, 0.4) is 0 Å². The third kappa shape index (κ3) is 4.07. The normalized spacial score (nSPS) is 15.1. The molecule has 0 aromatic heterocycles. The van der Waals surface area contributed by atoms with Crippen molar-refractivity contribution in [2.45, 2.75) is 52.0 Å². The van der Waals surface area contributed by atoms with Crippen LogP contribution in [0.15, 0.2) is 24.3 Å². The Kier molecular flexibility index (Phi) is 5.60. The Balaban J connectivity index is 1.95. The first-order valence-electron chi connectivity index (χ1n) is 7.80. The minimum absolute atomic E-state index is 0.268. The summed E-state index contributed by atoms with van der Waals surface area (Å²) < 4.78 is 0. The monoisotopic (exact) mass is 274 g/mol. The van der Waals surface area contributed by atoms with Gasteiger partial charge in [0.1, 0.15) is 0 Å². The number of para-hydroxylation sites is 1. The Labute approximate surface area is 122 Å². The molecule has 20 heavy (non-hydrogen) atoms. The van der Waals surface area contributed by atoms with Crippen molar-refractivity contribution >= 4 is 11.6 Å². The van der Waals surface area contributed by atoms with Crippen molar-refractivity contribution in [2.75, 3.05) is 18.0 Å². The molecule has 1 aliphatic rings. The van der Waals surface area contributed by atoms with Gasteiger partial charge in [-0.05, 0) is 43.9 Å². The van der Waals surface area contributed by atoms with E-state index in [1.165, 1.54) is 12.0 Å². The third-order valence-electron chi connectivity index (χ3n) is 3.78. The van der Waals surface area contributed by atoms with Gasteiger partial charge in [-0.1, -0.05) is 32.0 Å². The number of benzene rings is 1. The molecule has 1 aromatic carbocycles. The van der Waals surface area contributed by atoms with E-state index in [4.69, 9.17) is 0 Å². The van der Waals surface area contributed by atoms with Crippen molar-refractivity contribution in [2.24, 2.45) is 0 Å². The number of aryl methyl sites for hydroxylation is 1. The first-order chi connectivity index (χ1) is 9.68. The van der Waals surface area contributed by atoms with Crippen LogP contribution in [0.25, 0.3) is 0 Å². The van der Waals surface area contributed by atoms with Crippen LogP contribution in [0.2, 0.25) is 0 Å². The molecule has 0 fully saturated rings. The van der Waals surface area contributed by atoms with E-state index < -0.39 is 0 Å². The van der Waals surface area contributed by atoms with E-state index in [2.05, 4.69) is 37.4 Å². The lowest BCUT2D eigenvalue weighted by atomic mass is 10.1. The maximum atomic E-state index is 12.5. The lowest BCUT2D eigenvalue weighted by Crippen LogP contribution is -2.32. The summed E-state index contributed by atoms with van der Waals surface area (Å²) in [5.74, 6) is 0.268. The van der Waals surface area contributed by atoms with Gasteiger partial charge in [-0.25, -0.2) is 0 Å². The second-order valence-corrected chi connectivity index (χ2v) is 5.84. The fourth-order valence-corrected chi connectivity index (χ4v) is 2.72. The smallest absolute Gasteiger partial charge is 0.227 e. The first kappa shape index (κ1) is 15.0. The fraction of sp³-hybridized carbons (Fsp3) is 0.588. The number of hydrogen-bond donors (Lipinski definition) is 1. The number of carbonyl (C=O) groups is 1. The molecule has 1 amide bonds. The molecule has 1 aliphatic heterocycles. The first-order valence-corrected chi connectivity index (χ1v) is 7.80. The van der Waals surface area contributed by atoms with E-state index in [0.717, 1.165) is 38.0 Å². The number of amides is 1. The predicted molar refractivity (Wildman–Crippen MR) is 84.1 cm³/mol. The van der Waals surface area contributed by atoms with E-state index in [1.807, 2.05) is 11.0 Å². The van der Waals surface area contributed by atoms with Gasteiger partial charge < -0.3 is 10.2 Å². The minimum Gasteiger partial charge on any atom is -0.315 e. The molecule has 110 valence electrons. The quantitative estimate of drug-likeness (QED) is 0.837. The van der Waals surface area contributed by atoms with Gasteiger partial charge in [0.05, 0.1) is 0 Å². The molecule has 0 spiro atoms. The van der Waals surface area contributed by atoms with Gasteiger partial charge in [0.25, 0.3) is 0 Å². The third-order valence-corrected chi connectivity index (χ3v) is 3.78. The summed E-state index contributed by atoms with van der Waals surface area (Å²) in [5, 5.41) is 3.36. The van der Waals surface area contributed by atoms with Gasteiger partial charge in [-0.2, -0.15) is 0 Å². The van der Waals surface area contributed by atoms with Gasteiger partial charge in [-0.15, -0.1) is 0 Å². The molecule has 0 saturated heterocycles. The molecule has 0 unspecified atom stereocenters. The number of fused-ring (bicyclic) bond motifs is 1. The van der Waals surface area contributed by atoms with Gasteiger partial charge >= 0.3 is 0 Å². The molecular weight excluding hydrogens is 248 g/mol. The van der Waals surface area contributed by atoms with Crippen LogP contribution in [0.1, 0.15) is 45.1 Å². The maximum absolute atomic E-state index is 12.5. The van der Waals surface area contributed by atoms with Crippen molar-refractivity contribution in [3.8, 4) is 0 Å². The molecule has 3 heteroatoms. The number of rotatable bonds is 5. The average Bonchev–Trinajstić information content (AvgIpc) is 2.65. The van der Waals surface area contributed by atoms with Crippen molar-refractivity contribution in [3.05, 3.63) is 29.8 Å². The van der Waals surface area contributed by atoms with Crippen LogP contribution in [-0.2, 0) is 11.2 Å². The van der Waals surface area contributed by atoms with Crippen molar-refractivity contribution < 1.29 is 4.79 Å². The zero-order valence-corrected chi connectivity index (χ0v) is 12.7. The molecule has 1 aromatic rings. The van der Waals surface area contributed by atoms with Crippen LogP contribution >= 0.6 is 0 Å². The second kappa shape index (κ2) is 7.44. The van der Waals surface area contributed by atoms with Crippen molar-refractivity contribution in [1.82, 2.24) is 5.32 Å². The van der Waals surface area contributed by atoms with Gasteiger partial charge in [0.15, 0.2) is 0 Å². The summed E-state index contributed by atoms with van der Waals surface area (Å²) in [7, 11) is 0.